The lowest BCUT2D eigenvalue weighted by Crippen LogP contribution is -2.64. The minimum Gasteiger partial charge on any atom is -0.438 e. The van der Waals surface area contributed by atoms with Crippen molar-refractivity contribution < 1.29 is 18.8 Å². The standard InChI is InChI=1S/C11H12N2O4/c1-11(2)10(16)12-8(15)5-13(11)9-4-3-7(6-14)17-9/h3-4,6H,5H2,1-2H3,(H,12,15,16). The van der Waals surface area contributed by atoms with Crippen LogP contribution in [0.1, 0.15) is 24.4 Å². The summed E-state index contributed by atoms with van der Waals surface area (Å²) in [6, 6.07) is 3.06. The van der Waals surface area contributed by atoms with E-state index in [2.05, 4.69) is 5.32 Å². The second-order valence-corrected chi connectivity index (χ2v) is 4.32. The lowest BCUT2D eigenvalue weighted by molar-refractivity contribution is -0.135. The Kier molecular flexibility index (Phi) is 2.49. The molecular formula is C11H12N2O4. The normalized spacial score (nSPS) is 19.1. The molecule has 2 amide bonds. The molecule has 1 aromatic rings. The lowest BCUT2D eigenvalue weighted by atomic mass is 9.99. The number of aldehydes is 1. The third-order valence-corrected chi connectivity index (χ3v) is 2.78. The first-order chi connectivity index (χ1) is 7.95. The molecular weight excluding hydrogens is 224 g/mol. The average Bonchev–Trinajstić information content (AvgIpc) is 2.72. The number of nitrogens with zero attached hydrogens (tertiary/aromatic N) is 1. The van der Waals surface area contributed by atoms with Crippen molar-refractivity contribution in [1.29, 1.82) is 0 Å². The highest BCUT2D eigenvalue weighted by atomic mass is 16.4. The molecule has 17 heavy (non-hydrogen) atoms. The summed E-state index contributed by atoms with van der Waals surface area (Å²) in [5, 5.41) is 2.26. The van der Waals surface area contributed by atoms with E-state index in [1.807, 2.05) is 0 Å². The van der Waals surface area contributed by atoms with Gasteiger partial charge in [-0.2, -0.15) is 0 Å². The molecule has 1 fully saturated rings. The maximum atomic E-state index is 11.7. The zero-order valence-corrected chi connectivity index (χ0v) is 9.52. The minimum atomic E-state index is -0.897. The Morgan fingerprint density at radius 2 is 2.12 bits per heavy atom. The van der Waals surface area contributed by atoms with Gasteiger partial charge in [-0.3, -0.25) is 19.7 Å². The smallest absolute Gasteiger partial charge is 0.252 e. The summed E-state index contributed by atoms with van der Waals surface area (Å²) in [6.07, 6.45) is 0.572. The Balaban J connectivity index is 2.37. The first kappa shape index (κ1) is 11.4. The number of nitrogens with one attached hydrogen (secondary N) is 1. The van der Waals surface area contributed by atoms with Crippen molar-refractivity contribution in [1.82, 2.24) is 5.32 Å². The van der Waals surface area contributed by atoms with Crippen molar-refractivity contribution in [3.8, 4) is 0 Å². The number of hydrogen-bond acceptors (Lipinski definition) is 5. The van der Waals surface area contributed by atoms with Crippen LogP contribution in [-0.4, -0.2) is 30.2 Å². The van der Waals surface area contributed by atoms with Gasteiger partial charge in [0, 0.05) is 6.07 Å². The molecule has 1 aromatic heterocycles. The van der Waals surface area contributed by atoms with Gasteiger partial charge in [-0.05, 0) is 19.9 Å². The monoisotopic (exact) mass is 236 g/mol. The average molecular weight is 236 g/mol. The lowest BCUT2D eigenvalue weighted by Gasteiger charge is -2.39. The van der Waals surface area contributed by atoms with Gasteiger partial charge < -0.3 is 9.32 Å². The minimum absolute atomic E-state index is 0.0184. The summed E-state index contributed by atoms with van der Waals surface area (Å²) >= 11 is 0. The molecule has 0 atom stereocenters. The van der Waals surface area contributed by atoms with Crippen LogP contribution in [0.2, 0.25) is 0 Å². The largest absolute Gasteiger partial charge is 0.438 e. The van der Waals surface area contributed by atoms with Gasteiger partial charge in [0.1, 0.15) is 12.1 Å². The van der Waals surface area contributed by atoms with Gasteiger partial charge in [0.2, 0.25) is 5.91 Å². The van der Waals surface area contributed by atoms with E-state index in [0.29, 0.717) is 12.2 Å². The third kappa shape index (κ3) is 1.82. The van der Waals surface area contributed by atoms with Crippen LogP contribution in [0.25, 0.3) is 0 Å². The van der Waals surface area contributed by atoms with Gasteiger partial charge in [-0.15, -0.1) is 0 Å². The van der Waals surface area contributed by atoms with E-state index in [4.69, 9.17) is 4.42 Å². The van der Waals surface area contributed by atoms with Crippen molar-refractivity contribution in [3.05, 3.63) is 17.9 Å². The number of amides is 2. The number of carbonyl (C=O) groups excluding carboxylic acids is 3. The highest BCUT2D eigenvalue weighted by molar-refractivity contribution is 6.06. The fraction of sp³-hybridized carbons (Fsp3) is 0.364. The molecule has 1 N–H and O–H groups in total. The number of piperazine rings is 1. The van der Waals surface area contributed by atoms with E-state index in [9.17, 15) is 14.4 Å². The first-order valence-corrected chi connectivity index (χ1v) is 5.12. The molecule has 1 saturated heterocycles. The molecule has 0 radical (unpaired) electrons. The zero-order chi connectivity index (χ0) is 12.6. The van der Waals surface area contributed by atoms with Crippen LogP contribution in [0.4, 0.5) is 5.88 Å². The number of carbonyl (C=O) groups is 3. The van der Waals surface area contributed by atoms with Crippen molar-refractivity contribution in [2.75, 3.05) is 11.4 Å². The molecule has 0 unspecified atom stereocenters. The van der Waals surface area contributed by atoms with E-state index in [-0.39, 0.29) is 12.3 Å². The quantitative estimate of drug-likeness (QED) is 0.591. The zero-order valence-electron chi connectivity index (χ0n) is 9.52. The Hall–Kier alpha value is -2.11. The molecule has 1 aliphatic rings. The molecule has 0 aliphatic carbocycles. The maximum Gasteiger partial charge on any atom is 0.252 e. The summed E-state index contributed by atoms with van der Waals surface area (Å²) in [5.41, 5.74) is -0.897. The fourth-order valence-electron chi connectivity index (χ4n) is 1.69. The fourth-order valence-corrected chi connectivity index (χ4v) is 1.69. The summed E-state index contributed by atoms with van der Waals surface area (Å²) in [4.78, 5) is 35.1. The molecule has 6 heteroatoms. The van der Waals surface area contributed by atoms with Gasteiger partial charge >= 0.3 is 0 Å². The van der Waals surface area contributed by atoms with E-state index in [0.717, 1.165) is 0 Å². The molecule has 0 saturated carbocycles. The van der Waals surface area contributed by atoms with Crippen molar-refractivity contribution >= 4 is 24.0 Å². The third-order valence-electron chi connectivity index (χ3n) is 2.78. The number of anilines is 1. The Morgan fingerprint density at radius 3 is 2.71 bits per heavy atom. The van der Waals surface area contributed by atoms with Crippen LogP contribution in [-0.2, 0) is 9.59 Å². The highest BCUT2D eigenvalue weighted by Gasteiger charge is 2.42. The predicted octanol–water partition coefficient (Wildman–Crippen LogP) is 0.333. The van der Waals surface area contributed by atoms with E-state index in [1.165, 1.54) is 11.0 Å². The van der Waals surface area contributed by atoms with Gasteiger partial charge in [0.15, 0.2) is 17.9 Å². The van der Waals surface area contributed by atoms with E-state index >= 15 is 0 Å². The molecule has 1 aliphatic heterocycles. The van der Waals surface area contributed by atoms with Crippen molar-refractivity contribution in [2.45, 2.75) is 19.4 Å². The number of hydrogen-bond donors (Lipinski definition) is 1. The van der Waals surface area contributed by atoms with Gasteiger partial charge in [-0.25, -0.2) is 0 Å². The van der Waals surface area contributed by atoms with E-state index in [1.54, 1.807) is 19.9 Å². The molecule has 0 spiro atoms. The second kappa shape index (κ2) is 3.73. The first-order valence-electron chi connectivity index (χ1n) is 5.12. The maximum absolute atomic E-state index is 11.7. The van der Waals surface area contributed by atoms with Crippen LogP contribution in [0.5, 0.6) is 0 Å². The SMILES string of the molecule is CC1(C)C(=O)NC(=O)CN1c1ccc(C=O)o1. The summed E-state index contributed by atoms with van der Waals surface area (Å²) in [6.45, 7) is 3.38. The molecule has 0 bridgehead atoms. The Labute approximate surface area is 97.6 Å². The van der Waals surface area contributed by atoms with Crippen LogP contribution < -0.4 is 10.2 Å². The predicted molar refractivity (Wildman–Crippen MR) is 58.7 cm³/mol. The molecule has 2 rings (SSSR count). The Bertz CT molecular complexity index is 489. The van der Waals surface area contributed by atoms with Gasteiger partial charge in [-0.1, -0.05) is 0 Å². The van der Waals surface area contributed by atoms with Crippen LogP contribution >= 0.6 is 0 Å². The van der Waals surface area contributed by atoms with Crippen LogP contribution in [0.3, 0.4) is 0 Å². The summed E-state index contributed by atoms with van der Waals surface area (Å²) < 4.78 is 5.23. The van der Waals surface area contributed by atoms with E-state index < -0.39 is 17.4 Å². The number of rotatable bonds is 2. The van der Waals surface area contributed by atoms with Crippen molar-refractivity contribution in [3.63, 3.8) is 0 Å². The summed E-state index contributed by atoms with van der Waals surface area (Å²) in [5.74, 6) is -0.286. The molecule has 6 nitrogen and oxygen atoms in total. The van der Waals surface area contributed by atoms with Crippen molar-refractivity contribution in [2.24, 2.45) is 0 Å². The number of imide groups is 1. The van der Waals surface area contributed by atoms with Crippen LogP contribution in [0, 0.1) is 0 Å². The Morgan fingerprint density at radius 1 is 1.41 bits per heavy atom. The number of furan rings is 1. The van der Waals surface area contributed by atoms with Gasteiger partial charge in [0.25, 0.3) is 5.91 Å². The second-order valence-electron chi connectivity index (χ2n) is 4.32. The molecule has 90 valence electrons. The van der Waals surface area contributed by atoms with Crippen LogP contribution in [0.15, 0.2) is 16.5 Å². The topological polar surface area (TPSA) is 79.6 Å². The summed E-state index contributed by atoms with van der Waals surface area (Å²) in [7, 11) is 0. The van der Waals surface area contributed by atoms with Gasteiger partial charge in [0.05, 0.1) is 0 Å². The highest BCUT2D eigenvalue weighted by Crippen LogP contribution is 2.27. The molecule has 2 heterocycles. The molecule has 0 aromatic carbocycles.